The van der Waals surface area contributed by atoms with E-state index in [-0.39, 0.29) is 12.2 Å². The molecule has 0 N–H and O–H groups in total. The maximum Gasteiger partial charge on any atom is 0.194 e. The molecule has 0 unspecified atom stereocenters. The fourth-order valence-electron chi connectivity index (χ4n) is 0.740. The molecule has 0 amide bonds. The zero-order chi connectivity index (χ0) is 8.27. The van der Waals surface area contributed by atoms with E-state index >= 15 is 0 Å². The number of carbonyl (C=O) groups is 1. The molecule has 0 fully saturated rings. The fraction of sp³-hybridized carbons (Fsp3) is 0.250. The quantitative estimate of drug-likeness (QED) is 0.455. The molecular weight excluding hydrogens is 140 g/mol. The summed E-state index contributed by atoms with van der Waals surface area (Å²) in [6, 6.07) is 0. The average molecular weight is 148 g/mol. The molecule has 56 valence electrons. The van der Waals surface area contributed by atoms with Gasteiger partial charge in [0.1, 0.15) is 5.69 Å². The predicted octanol–water partition coefficient (Wildman–Crippen LogP) is 0.626. The van der Waals surface area contributed by atoms with Crippen LogP contribution in [0.15, 0.2) is 12.5 Å². The highest BCUT2D eigenvalue weighted by Gasteiger charge is 2.05. The van der Waals surface area contributed by atoms with E-state index in [1.54, 1.807) is 24.1 Å². The summed E-state index contributed by atoms with van der Waals surface area (Å²) in [6.45, 7) is 0. The summed E-state index contributed by atoms with van der Waals surface area (Å²) in [7, 11) is 1.81. The van der Waals surface area contributed by atoms with E-state index in [1.165, 1.54) is 0 Å². The first-order chi connectivity index (χ1) is 5.24. The zero-order valence-electron chi connectivity index (χ0n) is 6.24. The van der Waals surface area contributed by atoms with Crippen LogP contribution >= 0.6 is 0 Å². The van der Waals surface area contributed by atoms with E-state index in [9.17, 15) is 4.79 Å². The van der Waals surface area contributed by atoms with Crippen molar-refractivity contribution in [2.45, 2.75) is 6.42 Å². The number of carbonyl (C=O) groups excluding carboxylic acids is 1. The molecule has 1 rings (SSSR count). The molecule has 0 spiro atoms. The molecule has 1 heterocycles. The maximum absolute atomic E-state index is 11.0. The molecule has 0 aliphatic heterocycles. The van der Waals surface area contributed by atoms with Gasteiger partial charge in [0, 0.05) is 13.2 Å². The van der Waals surface area contributed by atoms with Crippen molar-refractivity contribution in [3.63, 3.8) is 0 Å². The second-order valence-corrected chi connectivity index (χ2v) is 2.23. The first-order valence-corrected chi connectivity index (χ1v) is 3.18. The van der Waals surface area contributed by atoms with Gasteiger partial charge in [0.15, 0.2) is 5.78 Å². The Bertz CT molecular complexity index is 306. The normalized spacial score (nSPS) is 9.09. The van der Waals surface area contributed by atoms with Crippen LogP contribution < -0.4 is 0 Å². The van der Waals surface area contributed by atoms with Crippen molar-refractivity contribution in [2.75, 3.05) is 0 Å². The van der Waals surface area contributed by atoms with Gasteiger partial charge in [-0.1, -0.05) is 5.92 Å². The lowest BCUT2D eigenvalue weighted by atomic mass is 10.2. The number of ketones is 1. The molecular formula is C8H8N2O. The third kappa shape index (κ3) is 1.68. The van der Waals surface area contributed by atoms with Gasteiger partial charge in [-0.2, -0.15) is 0 Å². The average Bonchev–Trinajstić information content (AvgIpc) is 2.36. The Hall–Kier alpha value is -1.56. The smallest absolute Gasteiger partial charge is 0.194 e. The van der Waals surface area contributed by atoms with Gasteiger partial charge in [0.25, 0.3) is 0 Å². The largest absolute Gasteiger partial charge is 0.340 e. The summed E-state index contributed by atoms with van der Waals surface area (Å²) < 4.78 is 1.71. The van der Waals surface area contributed by atoms with Crippen molar-refractivity contribution in [1.82, 2.24) is 9.55 Å². The second kappa shape index (κ2) is 3.02. The lowest BCUT2D eigenvalue weighted by Crippen LogP contribution is -1.96. The van der Waals surface area contributed by atoms with Crippen molar-refractivity contribution >= 4 is 5.78 Å². The summed E-state index contributed by atoms with van der Waals surface area (Å²) in [5.74, 6) is 2.17. The SMILES string of the molecule is C#CCC(=O)c1cn(C)cn1. The molecule has 0 bridgehead atoms. The molecule has 0 aliphatic rings. The summed E-state index contributed by atoms with van der Waals surface area (Å²) in [5, 5.41) is 0. The lowest BCUT2D eigenvalue weighted by molar-refractivity contribution is 0.0994. The van der Waals surface area contributed by atoms with E-state index < -0.39 is 0 Å². The van der Waals surface area contributed by atoms with Crippen molar-refractivity contribution < 1.29 is 4.79 Å². The van der Waals surface area contributed by atoms with Crippen LogP contribution in [0.25, 0.3) is 0 Å². The van der Waals surface area contributed by atoms with Gasteiger partial charge < -0.3 is 4.57 Å². The Morgan fingerprint density at radius 1 is 1.91 bits per heavy atom. The highest BCUT2D eigenvalue weighted by Crippen LogP contribution is 1.97. The Labute approximate surface area is 65.1 Å². The number of terminal acetylenes is 1. The van der Waals surface area contributed by atoms with Crippen molar-refractivity contribution in [3.8, 4) is 12.3 Å². The highest BCUT2D eigenvalue weighted by molar-refractivity contribution is 5.95. The van der Waals surface area contributed by atoms with Gasteiger partial charge in [-0.05, 0) is 0 Å². The Kier molecular flexibility index (Phi) is 2.07. The number of aryl methyl sites for hydroxylation is 1. The third-order valence-corrected chi connectivity index (χ3v) is 1.25. The van der Waals surface area contributed by atoms with Crippen LogP contribution in [0.5, 0.6) is 0 Å². The summed E-state index contributed by atoms with van der Waals surface area (Å²) in [5.41, 5.74) is 0.436. The van der Waals surface area contributed by atoms with Gasteiger partial charge in [-0.15, -0.1) is 6.42 Å². The van der Waals surface area contributed by atoms with Crippen molar-refractivity contribution in [2.24, 2.45) is 7.05 Å². The van der Waals surface area contributed by atoms with Crippen LogP contribution in [0, 0.1) is 12.3 Å². The Morgan fingerprint density at radius 3 is 3.09 bits per heavy atom. The molecule has 11 heavy (non-hydrogen) atoms. The van der Waals surface area contributed by atoms with E-state index in [2.05, 4.69) is 10.9 Å². The van der Waals surface area contributed by atoms with E-state index in [4.69, 9.17) is 6.42 Å². The Morgan fingerprint density at radius 2 is 2.64 bits per heavy atom. The number of nitrogens with zero attached hydrogens (tertiary/aromatic N) is 2. The summed E-state index contributed by atoms with van der Waals surface area (Å²) in [6.07, 6.45) is 8.32. The molecule has 0 saturated heterocycles. The van der Waals surface area contributed by atoms with E-state index in [0.717, 1.165) is 0 Å². The van der Waals surface area contributed by atoms with Crippen LogP contribution in [0.1, 0.15) is 16.9 Å². The van der Waals surface area contributed by atoms with Crippen LogP contribution in [-0.4, -0.2) is 15.3 Å². The van der Waals surface area contributed by atoms with Crippen molar-refractivity contribution in [3.05, 3.63) is 18.2 Å². The molecule has 0 saturated carbocycles. The molecule has 1 aromatic heterocycles. The standard InChI is InChI=1S/C8H8N2O/c1-3-4-8(11)7-5-10(2)6-9-7/h1,5-6H,4H2,2H3. The molecule has 3 nitrogen and oxygen atoms in total. The number of hydrogen-bond donors (Lipinski definition) is 0. The topological polar surface area (TPSA) is 34.9 Å². The van der Waals surface area contributed by atoms with Crippen LogP contribution in [0.4, 0.5) is 0 Å². The predicted molar refractivity (Wildman–Crippen MR) is 41.0 cm³/mol. The molecule has 0 radical (unpaired) electrons. The molecule has 3 heteroatoms. The minimum atomic E-state index is -0.104. The molecule has 0 aromatic carbocycles. The Balaban J connectivity index is 2.78. The molecule has 1 aromatic rings. The van der Waals surface area contributed by atoms with Gasteiger partial charge in [-0.3, -0.25) is 4.79 Å². The lowest BCUT2D eigenvalue weighted by Gasteiger charge is -1.86. The second-order valence-electron chi connectivity index (χ2n) is 2.23. The number of rotatable bonds is 2. The summed E-state index contributed by atoms with van der Waals surface area (Å²) in [4.78, 5) is 14.9. The number of Topliss-reactive ketones (excluding diaryl/α,β-unsaturated/α-hetero) is 1. The van der Waals surface area contributed by atoms with E-state index in [1.807, 2.05) is 0 Å². The number of imidazole rings is 1. The zero-order valence-corrected chi connectivity index (χ0v) is 6.24. The first-order valence-electron chi connectivity index (χ1n) is 3.18. The van der Waals surface area contributed by atoms with Crippen LogP contribution in [0.2, 0.25) is 0 Å². The number of hydrogen-bond acceptors (Lipinski definition) is 2. The highest BCUT2D eigenvalue weighted by atomic mass is 16.1. The molecule has 0 aliphatic carbocycles. The minimum absolute atomic E-state index is 0.104. The monoisotopic (exact) mass is 148 g/mol. The molecule has 0 atom stereocenters. The van der Waals surface area contributed by atoms with Crippen LogP contribution in [-0.2, 0) is 7.05 Å². The third-order valence-electron chi connectivity index (χ3n) is 1.25. The van der Waals surface area contributed by atoms with Gasteiger partial charge >= 0.3 is 0 Å². The maximum atomic E-state index is 11.0. The fourth-order valence-corrected chi connectivity index (χ4v) is 0.740. The van der Waals surface area contributed by atoms with E-state index in [0.29, 0.717) is 5.69 Å². The number of aromatic nitrogens is 2. The van der Waals surface area contributed by atoms with Crippen LogP contribution in [0.3, 0.4) is 0 Å². The van der Waals surface area contributed by atoms with Gasteiger partial charge in [0.05, 0.1) is 12.7 Å². The first kappa shape index (κ1) is 7.55. The van der Waals surface area contributed by atoms with Crippen molar-refractivity contribution in [1.29, 1.82) is 0 Å². The minimum Gasteiger partial charge on any atom is -0.340 e. The summed E-state index contributed by atoms with van der Waals surface area (Å²) >= 11 is 0. The van der Waals surface area contributed by atoms with Gasteiger partial charge in [0.2, 0.25) is 0 Å². The van der Waals surface area contributed by atoms with Gasteiger partial charge in [-0.25, -0.2) is 4.98 Å².